The fourth-order valence-electron chi connectivity index (χ4n) is 4.92. The number of ether oxygens (including phenoxy) is 1. The van der Waals surface area contributed by atoms with E-state index in [1.54, 1.807) is 10.9 Å². The highest BCUT2D eigenvalue weighted by molar-refractivity contribution is 7.90. The van der Waals surface area contributed by atoms with E-state index in [0.29, 0.717) is 31.0 Å². The number of halogens is 2. The standard InChI is InChI=1S/C31H33F2N5O4S/c32-28-11-10-27(22-29(28)33)43(40,41)35-31(39)12-9-25-8-7-24(23-38-14-4-13-34-38)21-30(25)42-20-19-36-15-17-37(18-16-36)26-5-2-1-3-6-26/h1-8,10-11,13-14,21-22H,9,12,15-20,23H2,(H,35,39). The Morgan fingerprint density at radius 1 is 0.930 bits per heavy atom. The number of benzene rings is 3. The van der Waals surface area contributed by atoms with Gasteiger partial charge in [0.2, 0.25) is 5.91 Å². The molecule has 0 atom stereocenters. The number of rotatable bonds is 12. The van der Waals surface area contributed by atoms with Crippen LogP contribution >= 0.6 is 0 Å². The second-order valence-corrected chi connectivity index (χ2v) is 11.9. The maximum Gasteiger partial charge on any atom is 0.264 e. The minimum absolute atomic E-state index is 0.154. The van der Waals surface area contributed by atoms with Crippen LogP contribution in [0.25, 0.3) is 0 Å². The number of carbonyl (C=O) groups excluding carboxylic acids is 1. The lowest BCUT2D eigenvalue weighted by Crippen LogP contribution is -2.47. The number of para-hydroxylation sites is 1. The Bertz CT molecular complexity index is 1630. The summed E-state index contributed by atoms with van der Waals surface area (Å²) >= 11 is 0. The number of piperazine rings is 1. The summed E-state index contributed by atoms with van der Waals surface area (Å²) in [6, 6.07) is 20.0. The highest BCUT2D eigenvalue weighted by atomic mass is 32.2. The van der Waals surface area contributed by atoms with E-state index < -0.39 is 32.5 Å². The van der Waals surface area contributed by atoms with Crippen LogP contribution in [0.2, 0.25) is 0 Å². The number of amides is 1. The van der Waals surface area contributed by atoms with Gasteiger partial charge in [-0.2, -0.15) is 5.10 Å². The van der Waals surface area contributed by atoms with Crippen molar-refractivity contribution in [2.75, 3.05) is 44.2 Å². The van der Waals surface area contributed by atoms with E-state index in [1.807, 2.05) is 53.4 Å². The quantitative estimate of drug-likeness (QED) is 0.261. The molecule has 1 aliphatic rings. The van der Waals surface area contributed by atoms with Crippen LogP contribution in [0.3, 0.4) is 0 Å². The number of hydrogen-bond donors (Lipinski definition) is 1. The first-order valence-electron chi connectivity index (χ1n) is 14.0. The molecule has 5 rings (SSSR count). The van der Waals surface area contributed by atoms with E-state index in [4.69, 9.17) is 4.74 Å². The zero-order valence-electron chi connectivity index (χ0n) is 23.5. The van der Waals surface area contributed by atoms with Gasteiger partial charge in [-0.3, -0.25) is 14.4 Å². The summed E-state index contributed by atoms with van der Waals surface area (Å²) in [6.45, 7) is 5.40. The van der Waals surface area contributed by atoms with Crippen LogP contribution in [0.4, 0.5) is 14.5 Å². The molecular formula is C31H33F2N5O4S. The molecule has 1 aliphatic heterocycles. The van der Waals surface area contributed by atoms with Gasteiger partial charge in [-0.25, -0.2) is 21.9 Å². The van der Waals surface area contributed by atoms with Crippen molar-refractivity contribution < 1.29 is 26.7 Å². The van der Waals surface area contributed by atoms with Gasteiger partial charge in [-0.15, -0.1) is 0 Å². The highest BCUT2D eigenvalue weighted by Gasteiger charge is 2.21. The van der Waals surface area contributed by atoms with Gasteiger partial charge in [0.05, 0.1) is 11.4 Å². The van der Waals surface area contributed by atoms with E-state index in [9.17, 15) is 22.0 Å². The Kier molecular flexibility index (Phi) is 9.68. The molecule has 1 N–H and O–H groups in total. The van der Waals surface area contributed by atoms with Gasteiger partial charge >= 0.3 is 0 Å². The average Bonchev–Trinajstić information content (AvgIpc) is 3.52. The number of nitrogens with zero attached hydrogens (tertiary/aromatic N) is 4. The van der Waals surface area contributed by atoms with Crippen molar-refractivity contribution in [3.05, 3.63) is 108 Å². The van der Waals surface area contributed by atoms with E-state index in [0.717, 1.165) is 49.9 Å². The van der Waals surface area contributed by atoms with Gasteiger partial charge < -0.3 is 9.64 Å². The Morgan fingerprint density at radius 2 is 1.72 bits per heavy atom. The number of aryl methyl sites for hydroxylation is 1. The number of nitrogens with one attached hydrogen (secondary N) is 1. The highest BCUT2D eigenvalue weighted by Crippen LogP contribution is 2.24. The van der Waals surface area contributed by atoms with Crippen LogP contribution in [0.1, 0.15) is 17.5 Å². The minimum atomic E-state index is -4.35. The first-order chi connectivity index (χ1) is 20.8. The van der Waals surface area contributed by atoms with Crippen LogP contribution < -0.4 is 14.4 Å². The summed E-state index contributed by atoms with van der Waals surface area (Å²) < 4.78 is 61.7. The fourth-order valence-corrected chi connectivity index (χ4v) is 5.95. The van der Waals surface area contributed by atoms with Crippen LogP contribution in [0, 0.1) is 11.6 Å². The number of aromatic nitrogens is 2. The molecule has 12 heteroatoms. The summed E-state index contributed by atoms with van der Waals surface area (Å²) in [4.78, 5) is 16.8. The molecule has 2 heterocycles. The molecule has 0 bridgehead atoms. The summed E-state index contributed by atoms with van der Waals surface area (Å²) in [7, 11) is -4.35. The van der Waals surface area contributed by atoms with E-state index in [-0.39, 0.29) is 12.8 Å². The van der Waals surface area contributed by atoms with E-state index in [1.165, 1.54) is 5.69 Å². The van der Waals surface area contributed by atoms with Crippen LogP contribution in [0.15, 0.2) is 90.1 Å². The number of hydrogen-bond acceptors (Lipinski definition) is 7. The van der Waals surface area contributed by atoms with E-state index >= 15 is 0 Å². The van der Waals surface area contributed by atoms with Crippen molar-refractivity contribution in [2.24, 2.45) is 0 Å². The lowest BCUT2D eigenvalue weighted by atomic mass is 10.1. The van der Waals surface area contributed by atoms with Gasteiger partial charge in [0.1, 0.15) is 12.4 Å². The zero-order chi connectivity index (χ0) is 30.2. The molecule has 1 saturated heterocycles. The van der Waals surface area contributed by atoms with Crippen molar-refractivity contribution in [3.8, 4) is 5.75 Å². The number of sulfonamides is 1. The van der Waals surface area contributed by atoms with Crippen LogP contribution in [-0.2, 0) is 27.8 Å². The van der Waals surface area contributed by atoms with Gasteiger partial charge in [0.15, 0.2) is 11.6 Å². The molecule has 0 radical (unpaired) electrons. The Morgan fingerprint density at radius 3 is 2.44 bits per heavy atom. The third-order valence-corrected chi connectivity index (χ3v) is 8.64. The molecule has 1 amide bonds. The molecule has 0 spiro atoms. The second-order valence-electron chi connectivity index (χ2n) is 10.3. The molecule has 3 aromatic carbocycles. The summed E-state index contributed by atoms with van der Waals surface area (Å²) in [6.07, 6.45) is 3.63. The molecule has 9 nitrogen and oxygen atoms in total. The number of carbonyl (C=O) groups is 1. The molecule has 1 aromatic heterocycles. The third-order valence-electron chi connectivity index (χ3n) is 7.27. The Balaban J connectivity index is 1.19. The molecular weight excluding hydrogens is 576 g/mol. The first kappa shape index (κ1) is 30.2. The fraction of sp³-hybridized carbons (Fsp3) is 0.290. The Labute approximate surface area is 249 Å². The van der Waals surface area contributed by atoms with Crippen molar-refractivity contribution in [2.45, 2.75) is 24.3 Å². The lowest BCUT2D eigenvalue weighted by molar-refractivity contribution is -0.119. The molecule has 1 fully saturated rings. The monoisotopic (exact) mass is 609 g/mol. The van der Waals surface area contributed by atoms with Gasteiger partial charge in [0.25, 0.3) is 10.0 Å². The van der Waals surface area contributed by atoms with Crippen LogP contribution in [0.5, 0.6) is 5.75 Å². The largest absolute Gasteiger partial charge is 0.492 e. The zero-order valence-corrected chi connectivity index (χ0v) is 24.3. The second kappa shape index (κ2) is 13.8. The predicted molar refractivity (Wildman–Crippen MR) is 158 cm³/mol. The maximum absolute atomic E-state index is 13.5. The predicted octanol–water partition coefficient (Wildman–Crippen LogP) is 3.85. The molecule has 0 saturated carbocycles. The van der Waals surface area contributed by atoms with Crippen molar-refractivity contribution in [3.63, 3.8) is 0 Å². The molecule has 4 aromatic rings. The smallest absolute Gasteiger partial charge is 0.264 e. The van der Waals surface area contributed by atoms with Crippen molar-refractivity contribution >= 4 is 21.6 Å². The lowest BCUT2D eigenvalue weighted by Gasteiger charge is -2.36. The SMILES string of the molecule is O=C(CCc1ccc(Cn2cccn2)cc1OCCN1CCN(c2ccccc2)CC1)NS(=O)(=O)c1ccc(F)c(F)c1. The molecule has 226 valence electrons. The maximum atomic E-state index is 13.5. The van der Waals surface area contributed by atoms with Gasteiger partial charge in [0, 0.05) is 57.2 Å². The summed E-state index contributed by atoms with van der Waals surface area (Å²) in [5, 5.41) is 4.25. The average molecular weight is 610 g/mol. The number of anilines is 1. The van der Waals surface area contributed by atoms with Crippen molar-refractivity contribution in [1.82, 2.24) is 19.4 Å². The summed E-state index contributed by atoms with van der Waals surface area (Å²) in [5.74, 6) is -2.65. The molecule has 0 aliphatic carbocycles. The first-order valence-corrected chi connectivity index (χ1v) is 15.5. The van der Waals surface area contributed by atoms with Gasteiger partial charge in [-0.1, -0.05) is 30.3 Å². The van der Waals surface area contributed by atoms with Gasteiger partial charge in [-0.05, 0) is 60.0 Å². The van der Waals surface area contributed by atoms with Crippen LogP contribution in [-0.4, -0.2) is 68.3 Å². The third kappa shape index (κ3) is 8.17. The minimum Gasteiger partial charge on any atom is -0.492 e. The molecule has 43 heavy (non-hydrogen) atoms. The normalized spacial score (nSPS) is 14.0. The Hall–Kier alpha value is -4.29. The summed E-state index contributed by atoms with van der Waals surface area (Å²) in [5.41, 5.74) is 2.93. The van der Waals surface area contributed by atoms with Crippen molar-refractivity contribution in [1.29, 1.82) is 0 Å². The molecule has 0 unspecified atom stereocenters. The topological polar surface area (TPSA) is 96.8 Å². The van der Waals surface area contributed by atoms with E-state index in [2.05, 4.69) is 27.0 Å².